The van der Waals surface area contributed by atoms with Crippen LogP contribution in [0.5, 0.6) is 0 Å². The highest BCUT2D eigenvalue weighted by Gasteiger charge is 2.29. The Morgan fingerprint density at radius 3 is 2.33 bits per heavy atom. The number of carboxylic acid groups (broad SMARTS) is 1. The second-order valence-electron chi connectivity index (χ2n) is 5.63. The molecule has 1 aliphatic rings. The van der Waals surface area contributed by atoms with E-state index in [2.05, 4.69) is 12.2 Å². The van der Waals surface area contributed by atoms with E-state index in [1.807, 2.05) is 0 Å². The van der Waals surface area contributed by atoms with Crippen LogP contribution in [0, 0.1) is 5.92 Å². The van der Waals surface area contributed by atoms with Crippen LogP contribution in [0.3, 0.4) is 0 Å². The third kappa shape index (κ3) is 4.88. The minimum Gasteiger partial charge on any atom is -0.480 e. The van der Waals surface area contributed by atoms with Crippen LogP contribution < -0.4 is 5.32 Å². The van der Waals surface area contributed by atoms with Crippen LogP contribution in [0.4, 0.5) is 0 Å². The number of rotatable bonds is 5. The Balaban J connectivity index is 2.28. The zero-order valence-corrected chi connectivity index (χ0v) is 12.2. The quantitative estimate of drug-likeness (QED) is 0.806. The molecule has 1 fully saturated rings. The SMILES string of the molecule is CC1CCC(NC(=O)CSC(C)(C)C(=O)O)CC1. The average molecular weight is 273 g/mol. The van der Waals surface area contributed by atoms with Gasteiger partial charge in [-0.3, -0.25) is 9.59 Å². The Morgan fingerprint density at radius 2 is 1.83 bits per heavy atom. The van der Waals surface area contributed by atoms with E-state index < -0.39 is 10.7 Å². The van der Waals surface area contributed by atoms with E-state index in [0.29, 0.717) is 0 Å². The summed E-state index contributed by atoms with van der Waals surface area (Å²) in [6.07, 6.45) is 4.41. The molecule has 0 spiro atoms. The van der Waals surface area contributed by atoms with Crippen molar-refractivity contribution >= 4 is 23.6 Å². The summed E-state index contributed by atoms with van der Waals surface area (Å²) in [7, 11) is 0. The van der Waals surface area contributed by atoms with Crippen LogP contribution in [-0.4, -0.2) is 33.5 Å². The van der Waals surface area contributed by atoms with Crippen LogP contribution in [0.1, 0.15) is 46.5 Å². The summed E-state index contributed by atoms with van der Waals surface area (Å²) in [6.45, 7) is 5.48. The summed E-state index contributed by atoms with van der Waals surface area (Å²) in [5.41, 5.74) is 0. The van der Waals surface area contributed by atoms with Gasteiger partial charge in [-0.15, -0.1) is 11.8 Å². The molecular weight excluding hydrogens is 250 g/mol. The molecule has 1 amide bonds. The third-order valence-electron chi connectivity index (χ3n) is 3.46. The van der Waals surface area contributed by atoms with Gasteiger partial charge in [0.2, 0.25) is 5.91 Å². The molecule has 4 nitrogen and oxygen atoms in total. The van der Waals surface area contributed by atoms with Crippen LogP contribution in [-0.2, 0) is 9.59 Å². The second kappa shape index (κ2) is 6.45. The molecule has 1 aliphatic carbocycles. The van der Waals surface area contributed by atoms with E-state index in [9.17, 15) is 9.59 Å². The number of carbonyl (C=O) groups excluding carboxylic acids is 1. The highest BCUT2D eigenvalue weighted by molar-refractivity contribution is 8.01. The van der Waals surface area contributed by atoms with Crippen molar-refractivity contribution < 1.29 is 14.7 Å². The lowest BCUT2D eigenvalue weighted by atomic mass is 9.87. The van der Waals surface area contributed by atoms with Crippen LogP contribution in [0.2, 0.25) is 0 Å². The molecule has 0 aromatic carbocycles. The molecule has 104 valence electrons. The maximum atomic E-state index is 11.7. The van der Waals surface area contributed by atoms with Gasteiger partial charge in [-0.2, -0.15) is 0 Å². The van der Waals surface area contributed by atoms with Gasteiger partial charge in [0.1, 0.15) is 4.75 Å². The lowest BCUT2D eigenvalue weighted by molar-refractivity contribution is -0.138. The van der Waals surface area contributed by atoms with Gasteiger partial charge in [-0.1, -0.05) is 6.92 Å². The zero-order valence-electron chi connectivity index (χ0n) is 11.4. The van der Waals surface area contributed by atoms with Crippen molar-refractivity contribution in [2.75, 3.05) is 5.75 Å². The van der Waals surface area contributed by atoms with E-state index in [1.54, 1.807) is 13.8 Å². The number of hydrogen-bond donors (Lipinski definition) is 2. The highest BCUT2D eigenvalue weighted by Crippen LogP contribution is 2.25. The molecule has 0 unspecified atom stereocenters. The van der Waals surface area contributed by atoms with Gasteiger partial charge >= 0.3 is 5.97 Å². The minimum atomic E-state index is -0.904. The van der Waals surface area contributed by atoms with Crippen molar-refractivity contribution in [1.29, 1.82) is 0 Å². The molecule has 2 N–H and O–H groups in total. The molecule has 0 aromatic heterocycles. The average Bonchev–Trinajstić information content (AvgIpc) is 2.29. The lowest BCUT2D eigenvalue weighted by Gasteiger charge is -2.27. The fraction of sp³-hybridized carbons (Fsp3) is 0.846. The maximum absolute atomic E-state index is 11.7. The Labute approximate surface area is 113 Å². The summed E-state index contributed by atoms with van der Waals surface area (Å²) in [4.78, 5) is 22.6. The molecular formula is C13H23NO3S. The molecule has 0 bridgehead atoms. The van der Waals surface area contributed by atoms with E-state index in [4.69, 9.17) is 5.11 Å². The van der Waals surface area contributed by atoms with Crippen molar-refractivity contribution in [3.8, 4) is 0 Å². The molecule has 0 atom stereocenters. The smallest absolute Gasteiger partial charge is 0.319 e. The van der Waals surface area contributed by atoms with Crippen molar-refractivity contribution in [2.24, 2.45) is 5.92 Å². The molecule has 18 heavy (non-hydrogen) atoms. The lowest BCUT2D eigenvalue weighted by Crippen LogP contribution is -2.39. The first-order valence-corrected chi connectivity index (χ1v) is 7.46. The normalized spacial score (nSPS) is 24.6. The Kier molecular flexibility index (Phi) is 5.50. The second-order valence-corrected chi connectivity index (χ2v) is 7.23. The number of carboxylic acids is 1. The summed E-state index contributed by atoms with van der Waals surface area (Å²) in [5, 5.41) is 12.0. The highest BCUT2D eigenvalue weighted by atomic mass is 32.2. The third-order valence-corrected chi connectivity index (χ3v) is 4.76. The Bertz CT molecular complexity index is 309. The molecule has 0 aromatic rings. The first-order chi connectivity index (χ1) is 8.31. The van der Waals surface area contributed by atoms with E-state index in [1.165, 1.54) is 24.6 Å². The maximum Gasteiger partial charge on any atom is 0.319 e. The van der Waals surface area contributed by atoms with E-state index in [0.717, 1.165) is 18.8 Å². The predicted molar refractivity (Wildman–Crippen MR) is 73.7 cm³/mol. The summed E-state index contributed by atoms with van der Waals surface area (Å²) >= 11 is 1.17. The number of thioether (sulfide) groups is 1. The monoisotopic (exact) mass is 273 g/mol. The van der Waals surface area contributed by atoms with Crippen molar-refractivity contribution in [3.05, 3.63) is 0 Å². The molecule has 1 saturated carbocycles. The van der Waals surface area contributed by atoms with Crippen molar-refractivity contribution in [3.63, 3.8) is 0 Å². The van der Waals surface area contributed by atoms with Gasteiger partial charge in [0.15, 0.2) is 0 Å². The minimum absolute atomic E-state index is 0.0473. The molecule has 0 radical (unpaired) electrons. The van der Waals surface area contributed by atoms with Gasteiger partial charge in [-0.25, -0.2) is 0 Å². The number of aliphatic carboxylic acids is 1. The summed E-state index contributed by atoms with van der Waals surface area (Å²) in [5.74, 6) is 0.0462. The Morgan fingerprint density at radius 1 is 1.28 bits per heavy atom. The standard InChI is InChI=1S/C13H23NO3S/c1-9-4-6-10(7-5-9)14-11(15)8-18-13(2,3)12(16)17/h9-10H,4-8H2,1-3H3,(H,14,15)(H,16,17). The first kappa shape index (κ1) is 15.3. The largest absolute Gasteiger partial charge is 0.480 e. The molecule has 0 heterocycles. The fourth-order valence-corrected chi connectivity index (χ4v) is 2.68. The van der Waals surface area contributed by atoms with Crippen LogP contribution in [0.25, 0.3) is 0 Å². The Hall–Kier alpha value is -0.710. The van der Waals surface area contributed by atoms with Gasteiger partial charge < -0.3 is 10.4 Å². The number of hydrogen-bond acceptors (Lipinski definition) is 3. The van der Waals surface area contributed by atoms with Gasteiger partial charge in [0.05, 0.1) is 5.75 Å². The summed E-state index contributed by atoms with van der Waals surface area (Å²) in [6, 6.07) is 0.280. The van der Waals surface area contributed by atoms with E-state index >= 15 is 0 Å². The topological polar surface area (TPSA) is 66.4 Å². The first-order valence-electron chi connectivity index (χ1n) is 6.48. The van der Waals surface area contributed by atoms with Crippen molar-refractivity contribution in [2.45, 2.75) is 57.2 Å². The van der Waals surface area contributed by atoms with Crippen molar-refractivity contribution in [1.82, 2.24) is 5.32 Å². The molecule has 1 rings (SSSR count). The van der Waals surface area contributed by atoms with E-state index in [-0.39, 0.29) is 17.7 Å². The number of amides is 1. The van der Waals surface area contributed by atoms with Gasteiger partial charge in [0, 0.05) is 6.04 Å². The molecule has 5 heteroatoms. The van der Waals surface area contributed by atoms with Crippen LogP contribution in [0.15, 0.2) is 0 Å². The number of carbonyl (C=O) groups is 2. The van der Waals surface area contributed by atoms with Gasteiger partial charge in [-0.05, 0) is 45.4 Å². The summed E-state index contributed by atoms with van der Waals surface area (Å²) < 4.78 is -0.904. The zero-order chi connectivity index (χ0) is 13.8. The fourth-order valence-electron chi connectivity index (χ4n) is 1.98. The molecule has 0 saturated heterocycles. The van der Waals surface area contributed by atoms with Crippen LogP contribution >= 0.6 is 11.8 Å². The predicted octanol–water partition coefficient (Wildman–Crippen LogP) is 2.28. The number of nitrogens with one attached hydrogen (secondary N) is 1. The van der Waals surface area contributed by atoms with Gasteiger partial charge in [0.25, 0.3) is 0 Å². The molecule has 0 aliphatic heterocycles.